The van der Waals surface area contributed by atoms with Crippen LogP contribution in [-0.2, 0) is 0 Å². The smallest absolute Gasteiger partial charge is 0.193 e. The molecule has 0 atom stereocenters. The largest absolute Gasteiger partial charge is 0.504 e. The highest BCUT2D eigenvalue weighted by Gasteiger charge is 2.13. The zero-order valence-electron chi connectivity index (χ0n) is 8.68. The highest BCUT2D eigenvalue weighted by molar-refractivity contribution is 14.2. The number of rotatable bonds is 3. The molecule has 0 saturated heterocycles. The van der Waals surface area contributed by atoms with E-state index in [2.05, 4.69) is 45.7 Å². The van der Waals surface area contributed by atoms with Gasteiger partial charge in [0.2, 0.25) is 0 Å². The fraction of sp³-hybridized carbons (Fsp3) is 0. The van der Waals surface area contributed by atoms with Gasteiger partial charge in [0.1, 0.15) is 11.4 Å². The van der Waals surface area contributed by atoms with Crippen molar-refractivity contribution >= 4 is 51.4 Å². The minimum Gasteiger partial charge on any atom is -0.504 e. The second-order valence-electron chi connectivity index (χ2n) is 3.27. The maximum Gasteiger partial charge on any atom is 0.193 e. The second kappa shape index (κ2) is 5.76. The third-order valence-corrected chi connectivity index (χ3v) is 3.16. The molecule has 1 N–H and O–H groups in total. The molecule has 0 aliphatic heterocycles. The number of phenols is 1. The second-order valence-corrected chi connectivity index (χ2v) is 7.05. The van der Waals surface area contributed by atoms with Crippen LogP contribution in [0.25, 0.3) is 0 Å². The Balaban J connectivity index is 2.38. The van der Waals surface area contributed by atoms with Crippen LogP contribution in [0, 0.1) is 0 Å². The maximum absolute atomic E-state index is 9.84. The van der Waals surface area contributed by atoms with Crippen LogP contribution < -0.4 is 6.06 Å². The van der Waals surface area contributed by atoms with E-state index in [4.69, 9.17) is 4.74 Å². The first kappa shape index (κ1) is 12.7. The normalized spacial score (nSPS) is 10.0. The van der Waals surface area contributed by atoms with Gasteiger partial charge in [0.05, 0.1) is 45.7 Å². The van der Waals surface area contributed by atoms with E-state index in [-0.39, 0.29) is 5.75 Å². The van der Waals surface area contributed by atoms with Gasteiger partial charge in [-0.05, 0) is 24.3 Å². The van der Waals surface area contributed by atoms with Crippen molar-refractivity contribution in [2.75, 3.05) is 1.33 Å². The lowest BCUT2D eigenvalue weighted by Crippen LogP contribution is -1.94. The topological polar surface area (TPSA) is 32.7 Å². The summed E-state index contributed by atoms with van der Waals surface area (Å²) < 4.78 is 7.54. The van der Waals surface area contributed by atoms with Gasteiger partial charge in [0.15, 0.2) is 11.5 Å². The van der Waals surface area contributed by atoms with E-state index in [1.54, 1.807) is 12.1 Å². The lowest BCUT2D eigenvalue weighted by atomic mass is 10.2. The van der Waals surface area contributed by atoms with Crippen LogP contribution in [0.4, 0.5) is 5.69 Å². The quantitative estimate of drug-likeness (QED) is 0.541. The number of hydrogen-bond acceptors (Lipinski definition) is 3. The number of hydrogen-bond donors (Lipinski definition) is 1. The van der Waals surface area contributed by atoms with Crippen molar-refractivity contribution in [1.29, 1.82) is 0 Å². The summed E-state index contributed by atoms with van der Waals surface area (Å²) in [4.78, 5) is 0. The number of nitrogens with zero attached hydrogens (tertiary/aromatic N) is 1. The number of anilines is 1. The summed E-state index contributed by atoms with van der Waals surface area (Å²) in [5.74, 6) is 1.29. The van der Waals surface area contributed by atoms with Crippen LogP contribution in [0.5, 0.6) is 17.2 Å². The molecule has 5 heteroatoms. The monoisotopic (exact) mass is 453 g/mol. The third kappa shape index (κ3) is 3.15. The molecule has 2 aromatic rings. The molecule has 17 heavy (non-hydrogen) atoms. The summed E-state index contributed by atoms with van der Waals surface area (Å²) >= 11 is 4.24. The Bertz CT molecular complexity index is 503. The van der Waals surface area contributed by atoms with Gasteiger partial charge >= 0.3 is 0 Å². The molecule has 0 unspecified atom stereocenters. The van der Waals surface area contributed by atoms with Crippen LogP contribution in [-0.4, -0.2) is 5.11 Å². The highest BCUT2D eigenvalue weighted by atomic mass is 127. The minimum atomic E-state index is 0.129. The molecule has 0 aliphatic rings. The molecular weight excluding hydrogens is 444 g/mol. The van der Waals surface area contributed by atoms with E-state index < -0.39 is 0 Å². The molecule has 0 spiro atoms. The Labute approximate surface area is 127 Å². The van der Waals surface area contributed by atoms with Crippen molar-refractivity contribution in [2.45, 2.75) is 0 Å². The van der Waals surface area contributed by atoms with Crippen LogP contribution in [0.15, 0.2) is 48.5 Å². The first-order valence-corrected chi connectivity index (χ1v) is 6.78. The fourth-order valence-corrected chi connectivity index (χ4v) is 2.12. The zero-order chi connectivity index (χ0) is 12.3. The SMILES string of the molecule is Oc1cccc(N(I)I)c1Oc1ccccc1. The van der Waals surface area contributed by atoms with Gasteiger partial charge < -0.3 is 9.84 Å². The average Bonchev–Trinajstić information content (AvgIpc) is 2.33. The Morgan fingerprint density at radius 3 is 2.29 bits per heavy atom. The van der Waals surface area contributed by atoms with Gasteiger partial charge in [0, 0.05) is 0 Å². The minimum absolute atomic E-state index is 0.129. The number of halogens is 2. The lowest BCUT2D eigenvalue weighted by Gasteiger charge is -2.15. The summed E-state index contributed by atoms with van der Waals surface area (Å²) in [6, 6.07) is 14.7. The Morgan fingerprint density at radius 1 is 0.941 bits per heavy atom. The van der Waals surface area contributed by atoms with Crippen LogP contribution >= 0.6 is 45.7 Å². The van der Waals surface area contributed by atoms with Crippen molar-refractivity contribution in [2.24, 2.45) is 0 Å². The molecule has 0 heterocycles. The van der Waals surface area contributed by atoms with E-state index in [9.17, 15) is 5.11 Å². The molecule has 0 aliphatic carbocycles. The lowest BCUT2D eigenvalue weighted by molar-refractivity contribution is 0.413. The average molecular weight is 453 g/mol. The predicted octanol–water partition coefficient (Wildman–Crippen LogP) is 4.69. The van der Waals surface area contributed by atoms with E-state index in [0.717, 1.165) is 5.69 Å². The summed E-state index contributed by atoms with van der Waals surface area (Å²) in [6.45, 7) is 0. The van der Waals surface area contributed by atoms with E-state index >= 15 is 0 Å². The number of aromatic hydroxyl groups is 1. The summed E-state index contributed by atoms with van der Waals surface area (Å²) in [5, 5.41) is 9.84. The van der Waals surface area contributed by atoms with Crippen LogP contribution in [0.3, 0.4) is 0 Å². The maximum atomic E-state index is 9.84. The molecule has 2 rings (SSSR count). The van der Waals surface area contributed by atoms with Crippen molar-refractivity contribution < 1.29 is 9.84 Å². The van der Waals surface area contributed by atoms with Gasteiger partial charge in [-0.25, -0.2) is 0 Å². The first-order chi connectivity index (χ1) is 8.18. The molecule has 2 aromatic carbocycles. The highest BCUT2D eigenvalue weighted by Crippen LogP contribution is 2.42. The van der Waals surface area contributed by atoms with Crippen LogP contribution in [0.1, 0.15) is 0 Å². The van der Waals surface area contributed by atoms with Crippen molar-refractivity contribution in [3.05, 3.63) is 48.5 Å². The van der Waals surface area contributed by atoms with E-state index in [1.807, 2.05) is 37.7 Å². The number of para-hydroxylation sites is 2. The standard InChI is InChI=1S/C12H9I2NO2/c13-15(14)10-7-4-8-11(16)12(10)17-9-5-2-1-3-6-9/h1-8,16H. The molecule has 0 radical (unpaired) electrons. The molecule has 0 fully saturated rings. The van der Waals surface area contributed by atoms with Gasteiger partial charge in [-0.15, -0.1) is 0 Å². The number of ether oxygens (including phenoxy) is 1. The molecule has 0 saturated carbocycles. The Kier molecular flexibility index (Phi) is 4.32. The van der Waals surface area contributed by atoms with Gasteiger partial charge in [-0.3, -0.25) is 1.33 Å². The Morgan fingerprint density at radius 2 is 1.65 bits per heavy atom. The van der Waals surface area contributed by atoms with E-state index in [0.29, 0.717) is 11.5 Å². The molecule has 88 valence electrons. The van der Waals surface area contributed by atoms with Gasteiger partial charge in [-0.1, -0.05) is 24.3 Å². The third-order valence-electron chi connectivity index (χ3n) is 2.12. The molecule has 0 amide bonds. The summed E-state index contributed by atoms with van der Waals surface area (Å²) in [7, 11) is 0. The molecule has 0 aromatic heterocycles. The van der Waals surface area contributed by atoms with Gasteiger partial charge in [-0.2, -0.15) is 0 Å². The van der Waals surface area contributed by atoms with Gasteiger partial charge in [0.25, 0.3) is 0 Å². The summed E-state index contributed by atoms with van der Waals surface area (Å²) in [5.41, 5.74) is 0.815. The predicted molar refractivity (Wildman–Crippen MR) is 85.1 cm³/mol. The number of benzene rings is 2. The van der Waals surface area contributed by atoms with Crippen molar-refractivity contribution in [3.63, 3.8) is 0 Å². The molecule has 0 bridgehead atoms. The zero-order valence-corrected chi connectivity index (χ0v) is 13.0. The fourth-order valence-electron chi connectivity index (χ4n) is 1.36. The summed E-state index contributed by atoms with van der Waals surface area (Å²) in [6.07, 6.45) is 0. The van der Waals surface area contributed by atoms with Crippen LogP contribution in [0.2, 0.25) is 0 Å². The molecular formula is C12H9I2NO2. The van der Waals surface area contributed by atoms with Crippen molar-refractivity contribution in [1.82, 2.24) is 0 Å². The number of phenolic OH excluding ortho intramolecular Hbond substituents is 1. The first-order valence-electron chi connectivity index (χ1n) is 4.85. The van der Waals surface area contributed by atoms with Crippen molar-refractivity contribution in [3.8, 4) is 17.2 Å². The van der Waals surface area contributed by atoms with E-state index in [1.165, 1.54) is 0 Å². The Hall–Kier alpha value is -0.700. The molecule has 3 nitrogen and oxygen atoms in total.